The van der Waals surface area contributed by atoms with E-state index < -0.39 is 0 Å². The van der Waals surface area contributed by atoms with Gasteiger partial charge in [0.25, 0.3) is 0 Å². The molecule has 1 saturated heterocycles. The summed E-state index contributed by atoms with van der Waals surface area (Å²) in [6.45, 7) is 20.6. The first kappa shape index (κ1) is 39.1. The lowest BCUT2D eigenvalue weighted by molar-refractivity contribution is 0.422. The Labute approximate surface area is 371 Å². The van der Waals surface area contributed by atoms with Gasteiger partial charge in [-0.05, 0) is 106 Å². The van der Waals surface area contributed by atoms with Crippen molar-refractivity contribution in [3.8, 4) is 39.6 Å². The molecule has 0 bridgehead atoms. The van der Waals surface area contributed by atoms with Gasteiger partial charge < -0.3 is 4.74 Å². The lowest BCUT2D eigenvalue weighted by Crippen LogP contribution is -2.46. The van der Waals surface area contributed by atoms with E-state index in [1.54, 1.807) is 0 Å². The summed E-state index contributed by atoms with van der Waals surface area (Å²) in [7, 11) is 0. The molecule has 5 nitrogen and oxygen atoms in total. The molecule has 0 saturated carbocycles. The molecule has 0 spiro atoms. The smallest absolute Gasteiger partial charge is 0.225 e. The van der Waals surface area contributed by atoms with Crippen molar-refractivity contribution in [3.63, 3.8) is 0 Å². The Morgan fingerprint density at radius 1 is 0.492 bits per heavy atom. The molecule has 2 atom stereocenters. The monoisotopic (exact) mass is 821 g/mol. The van der Waals surface area contributed by atoms with E-state index in [-0.39, 0.29) is 10.8 Å². The molecule has 2 aliphatic heterocycles. The van der Waals surface area contributed by atoms with E-state index in [4.69, 9.17) is 9.72 Å². The zero-order valence-corrected chi connectivity index (χ0v) is 37.4. The molecule has 1 fully saturated rings. The molecule has 7 aromatic carbocycles. The summed E-state index contributed by atoms with van der Waals surface area (Å²) in [6, 6.07) is 59.9. The molecule has 2 aromatic heterocycles. The number of benzene rings is 7. The second-order valence-corrected chi connectivity index (χ2v) is 19.6. The minimum absolute atomic E-state index is 0.00766. The molecule has 5 heteroatoms. The summed E-state index contributed by atoms with van der Waals surface area (Å²) in [4.78, 5) is 4.94. The fourth-order valence-corrected chi connectivity index (χ4v) is 10.2. The summed E-state index contributed by atoms with van der Waals surface area (Å²) >= 11 is 0. The van der Waals surface area contributed by atoms with Crippen LogP contribution in [0, 0.1) is 20.5 Å². The molecular weight excluding hydrogens is 769 g/mol. The van der Waals surface area contributed by atoms with Crippen LogP contribution in [0.2, 0.25) is 0 Å². The number of rotatable bonds is 7. The zero-order valence-electron chi connectivity index (χ0n) is 37.4. The van der Waals surface area contributed by atoms with Gasteiger partial charge in [-0.25, -0.2) is 4.98 Å². The minimum Gasteiger partial charge on any atom is -0.457 e. The van der Waals surface area contributed by atoms with Crippen molar-refractivity contribution in [1.29, 1.82) is 0 Å². The standard InChI is InChI=1S/C58H53N4O/c1-38-16-14-17-39(2)56(38)42-31-46(62-37-61(62,54-33-43(57(3,4)5)24-27-53(54)62)45-21-15-20-41(30-45)40-18-10-9-11-19-40)35-48(32-42)63-47-25-26-50-49-22-12-13-23-51(49)60(52(50)36-47)55-34-44(28-29-59-55)58(6,7)8/h9-37H,1-8H3/q+1/t61-,62?/m0/s1. The molecule has 1 unspecified atom stereocenters. The number of nitrogens with zero attached hydrogens (tertiary/aromatic N) is 4. The summed E-state index contributed by atoms with van der Waals surface area (Å²) in [5.74, 6) is 2.46. The number of fused-ring (bicyclic) bond motifs is 7. The molecule has 0 aliphatic carbocycles. The average Bonchev–Trinajstić information content (AvgIpc) is 3.77. The highest BCUT2D eigenvalue weighted by molar-refractivity contribution is 6.09. The van der Waals surface area contributed by atoms with Gasteiger partial charge in [0.2, 0.25) is 11.4 Å². The lowest BCUT2D eigenvalue weighted by atomic mass is 9.86. The van der Waals surface area contributed by atoms with Crippen LogP contribution in [0.3, 0.4) is 0 Å². The predicted molar refractivity (Wildman–Crippen MR) is 263 cm³/mol. The molecule has 11 rings (SSSR count). The van der Waals surface area contributed by atoms with Crippen LogP contribution in [0.1, 0.15) is 63.8 Å². The first-order valence-electron chi connectivity index (χ1n) is 22.1. The highest BCUT2D eigenvalue weighted by Gasteiger charge is 2.78. The van der Waals surface area contributed by atoms with Gasteiger partial charge in [0, 0.05) is 59.4 Å². The fourth-order valence-electron chi connectivity index (χ4n) is 10.2. The fraction of sp³-hybridized carbons (Fsp3) is 0.172. The number of ether oxygens (including phenoxy) is 1. The molecule has 4 heterocycles. The summed E-state index contributed by atoms with van der Waals surface area (Å²) in [5, 5.41) is 2.35. The van der Waals surface area contributed by atoms with Gasteiger partial charge in [0.05, 0.1) is 11.0 Å². The first-order chi connectivity index (χ1) is 30.3. The predicted octanol–water partition coefficient (Wildman–Crippen LogP) is 15.9. The third kappa shape index (κ3) is 6.01. The van der Waals surface area contributed by atoms with Crippen LogP contribution in [-0.2, 0) is 10.8 Å². The maximum Gasteiger partial charge on any atom is 0.225 e. The van der Waals surface area contributed by atoms with E-state index in [0.717, 1.165) is 45.0 Å². The van der Waals surface area contributed by atoms with Crippen LogP contribution in [0.25, 0.3) is 49.9 Å². The van der Waals surface area contributed by atoms with Gasteiger partial charge in [0.15, 0.2) is 18.0 Å². The van der Waals surface area contributed by atoms with Gasteiger partial charge in [-0.15, -0.1) is 0 Å². The molecule has 0 radical (unpaired) electrons. The third-order valence-electron chi connectivity index (χ3n) is 13.5. The van der Waals surface area contributed by atoms with Gasteiger partial charge in [-0.1, -0.05) is 126 Å². The SMILES string of the molecule is Cc1cccc(C)c1-c1cc(Oc2ccc3c4ccccc4n(-c4cc(C(C)(C)C)ccn4)c3c2)cc([N+]23[CH-][N@+]2(c2cccc(-c4ccccc4)c2)c2cc(C(C)(C)C)ccc23)c1. The summed E-state index contributed by atoms with van der Waals surface area (Å²) in [5.41, 5.74) is 17.0. The van der Waals surface area contributed by atoms with E-state index in [9.17, 15) is 0 Å². The molecule has 2 aliphatic rings. The highest BCUT2D eigenvalue weighted by atomic mass is 16.5. The Balaban J connectivity index is 1.09. The number of aromatic nitrogens is 2. The van der Waals surface area contributed by atoms with Crippen molar-refractivity contribution in [2.75, 3.05) is 0 Å². The summed E-state index contributed by atoms with van der Waals surface area (Å²) in [6.07, 6.45) is 1.93. The topological polar surface area (TPSA) is 27.1 Å². The second-order valence-electron chi connectivity index (χ2n) is 19.6. The van der Waals surface area contributed by atoms with Crippen molar-refractivity contribution in [2.24, 2.45) is 0 Å². The number of aryl methyl sites for hydroxylation is 2. The molecular formula is C58H53N4O+. The van der Waals surface area contributed by atoms with E-state index in [1.807, 2.05) is 6.20 Å². The number of quaternary nitrogens is 2. The van der Waals surface area contributed by atoms with E-state index in [0.29, 0.717) is 9.18 Å². The number of pyridine rings is 1. The van der Waals surface area contributed by atoms with Crippen molar-refractivity contribution < 1.29 is 4.74 Å². The van der Waals surface area contributed by atoms with Crippen LogP contribution in [0.5, 0.6) is 11.5 Å². The maximum atomic E-state index is 7.12. The quantitative estimate of drug-likeness (QED) is 0.0910. The van der Waals surface area contributed by atoms with Crippen molar-refractivity contribution >= 4 is 44.6 Å². The largest absolute Gasteiger partial charge is 0.457 e. The van der Waals surface area contributed by atoms with Crippen molar-refractivity contribution in [2.45, 2.75) is 66.2 Å². The Kier molecular flexibility index (Phi) is 8.60. The molecule has 0 amide bonds. The van der Waals surface area contributed by atoms with E-state index in [2.05, 4.69) is 230 Å². The molecule has 310 valence electrons. The average molecular weight is 822 g/mol. The lowest BCUT2D eigenvalue weighted by Gasteiger charge is -2.41. The Bertz CT molecular complexity index is 3270. The van der Waals surface area contributed by atoms with Gasteiger partial charge in [0.1, 0.15) is 17.3 Å². The van der Waals surface area contributed by atoms with Gasteiger partial charge in [-0.3, -0.25) is 4.57 Å². The van der Waals surface area contributed by atoms with Gasteiger partial charge in [-0.2, -0.15) is 9.18 Å². The summed E-state index contributed by atoms with van der Waals surface area (Å²) < 4.78 is 10.6. The minimum atomic E-state index is -0.0171. The van der Waals surface area contributed by atoms with Gasteiger partial charge >= 0.3 is 0 Å². The Morgan fingerprint density at radius 2 is 1.16 bits per heavy atom. The Morgan fingerprint density at radius 3 is 1.94 bits per heavy atom. The van der Waals surface area contributed by atoms with Crippen LogP contribution in [0.4, 0.5) is 22.7 Å². The van der Waals surface area contributed by atoms with Crippen molar-refractivity contribution in [3.05, 3.63) is 199 Å². The number of para-hydroxylation sites is 1. The molecule has 63 heavy (non-hydrogen) atoms. The zero-order chi connectivity index (χ0) is 43.5. The van der Waals surface area contributed by atoms with Crippen LogP contribution >= 0.6 is 0 Å². The molecule has 0 N–H and O–H groups in total. The van der Waals surface area contributed by atoms with Crippen LogP contribution in [-0.4, -0.2) is 9.55 Å². The Hall–Kier alpha value is -6.79. The van der Waals surface area contributed by atoms with Crippen LogP contribution in [0.15, 0.2) is 170 Å². The highest BCUT2D eigenvalue weighted by Crippen LogP contribution is 2.76. The number of hydrogen-bond acceptors (Lipinski definition) is 2. The second kappa shape index (κ2) is 13.9. The molecule has 9 aromatic rings. The third-order valence-corrected chi connectivity index (χ3v) is 13.5. The first-order valence-corrected chi connectivity index (χ1v) is 22.1. The van der Waals surface area contributed by atoms with Crippen LogP contribution < -0.4 is 13.9 Å². The maximum absolute atomic E-state index is 7.12. The normalized spacial score (nSPS) is 17.9. The van der Waals surface area contributed by atoms with E-state index in [1.165, 1.54) is 61.4 Å². The van der Waals surface area contributed by atoms with Crippen molar-refractivity contribution in [1.82, 2.24) is 18.7 Å². The van der Waals surface area contributed by atoms with E-state index >= 15 is 0 Å². The number of hydrogen-bond donors (Lipinski definition) is 0.